The van der Waals surface area contributed by atoms with E-state index in [-0.39, 0.29) is 24.0 Å². The fourth-order valence-electron chi connectivity index (χ4n) is 4.46. The number of halogens is 2. The van der Waals surface area contributed by atoms with Crippen LogP contribution in [0.15, 0.2) is 18.2 Å². The molecule has 4 atom stereocenters. The third-order valence-electron chi connectivity index (χ3n) is 5.94. The number of piperidine rings is 1. The fraction of sp³-hybridized carbons (Fsp3) is 0.579. The molecule has 1 saturated carbocycles. The molecule has 1 aromatic carbocycles. The summed E-state index contributed by atoms with van der Waals surface area (Å²) in [6.45, 7) is 5.37. The SMILES string of the molecule is CCN1C[C@@H]2[C@H](C1)[C@H]2N1CCC(O)(OC(=O)NCc2cc(F)cc(Cl)c2)C1=O. The maximum Gasteiger partial charge on any atom is 0.410 e. The van der Waals surface area contributed by atoms with Gasteiger partial charge in [-0.05, 0) is 42.1 Å². The third-order valence-corrected chi connectivity index (χ3v) is 6.16. The molecule has 9 heteroatoms. The second-order valence-corrected chi connectivity index (χ2v) is 8.16. The second kappa shape index (κ2) is 7.17. The van der Waals surface area contributed by atoms with E-state index < -0.39 is 23.6 Å². The van der Waals surface area contributed by atoms with Gasteiger partial charge < -0.3 is 25.0 Å². The summed E-state index contributed by atoms with van der Waals surface area (Å²) >= 11 is 5.78. The van der Waals surface area contributed by atoms with E-state index in [0.717, 1.165) is 25.7 Å². The van der Waals surface area contributed by atoms with E-state index in [1.807, 2.05) is 0 Å². The number of carbonyl (C=O) groups excluding carboxylic acids is 2. The predicted octanol–water partition coefficient (Wildman–Crippen LogP) is 1.58. The molecule has 0 radical (unpaired) electrons. The highest BCUT2D eigenvalue weighted by Gasteiger charge is 2.63. The molecule has 0 bridgehead atoms. The van der Waals surface area contributed by atoms with Gasteiger partial charge in [-0.2, -0.15) is 0 Å². The number of fused-ring (bicyclic) bond motifs is 1. The van der Waals surface area contributed by atoms with Crippen LogP contribution in [0.1, 0.15) is 18.9 Å². The van der Waals surface area contributed by atoms with Gasteiger partial charge in [-0.15, -0.1) is 0 Å². The molecule has 7 nitrogen and oxygen atoms in total. The highest BCUT2D eigenvalue weighted by molar-refractivity contribution is 6.30. The molecule has 3 aliphatic rings. The molecular weight excluding hydrogens is 389 g/mol. The minimum Gasteiger partial charge on any atom is -0.407 e. The zero-order chi connectivity index (χ0) is 20.1. The highest BCUT2D eigenvalue weighted by Crippen LogP contribution is 2.50. The molecule has 0 spiro atoms. The molecule has 1 aromatic rings. The van der Waals surface area contributed by atoms with Crippen molar-refractivity contribution >= 4 is 23.6 Å². The molecule has 2 heterocycles. The number of nitrogens with one attached hydrogen (secondary N) is 1. The van der Waals surface area contributed by atoms with E-state index in [0.29, 0.717) is 23.9 Å². The zero-order valence-electron chi connectivity index (χ0n) is 15.5. The quantitative estimate of drug-likeness (QED) is 0.719. The summed E-state index contributed by atoms with van der Waals surface area (Å²) in [6, 6.07) is 4.03. The van der Waals surface area contributed by atoms with E-state index in [2.05, 4.69) is 17.1 Å². The first-order valence-electron chi connectivity index (χ1n) is 9.48. The van der Waals surface area contributed by atoms with E-state index in [1.54, 1.807) is 4.90 Å². The molecule has 1 aliphatic carbocycles. The van der Waals surface area contributed by atoms with Gasteiger partial charge in [-0.1, -0.05) is 18.5 Å². The fourth-order valence-corrected chi connectivity index (χ4v) is 4.71. The van der Waals surface area contributed by atoms with Crippen LogP contribution in [0.25, 0.3) is 0 Å². The van der Waals surface area contributed by atoms with Gasteiger partial charge in [0.25, 0.3) is 11.7 Å². The zero-order valence-corrected chi connectivity index (χ0v) is 16.3. The van der Waals surface area contributed by atoms with Crippen molar-refractivity contribution in [1.82, 2.24) is 15.1 Å². The summed E-state index contributed by atoms with van der Waals surface area (Å²) in [5.74, 6) is -2.34. The van der Waals surface area contributed by atoms with E-state index in [9.17, 15) is 19.1 Å². The van der Waals surface area contributed by atoms with Crippen LogP contribution in [0.2, 0.25) is 5.02 Å². The maximum atomic E-state index is 13.3. The number of ether oxygens (including phenoxy) is 1. The summed E-state index contributed by atoms with van der Waals surface area (Å²) in [5.41, 5.74) is 0.444. The van der Waals surface area contributed by atoms with Crippen LogP contribution in [0, 0.1) is 17.7 Å². The van der Waals surface area contributed by atoms with Crippen molar-refractivity contribution in [2.24, 2.45) is 11.8 Å². The molecule has 1 unspecified atom stereocenters. The first-order valence-corrected chi connectivity index (χ1v) is 9.86. The Kier molecular flexibility index (Phi) is 4.97. The lowest BCUT2D eigenvalue weighted by Gasteiger charge is -2.25. The van der Waals surface area contributed by atoms with Crippen LogP contribution in [0.5, 0.6) is 0 Å². The van der Waals surface area contributed by atoms with Gasteiger partial charge in [0.05, 0.1) is 0 Å². The van der Waals surface area contributed by atoms with Crippen LogP contribution < -0.4 is 5.32 Å². The summed E-state index contributed by atoms with van der Waals surface area (Å²) in [4.78, 5) is 28.7. The van der Waals surface area contributed by atoms with Gasteiger partial charge in [-0.25, -0.2) is 9.18 Å². The van der Waals surface area contributed by atoms with Gasteiger partial charge in [-0.3, -0.25) is 4.79 Å². The Morgan fingerprint density at radius 3 is 2.75 bits per heavy atom. The van der Waals surface area contributed by atoms with Gasteiger partial charge in [0.1, 0.15) is 5.82 Å². The molecule has 0 aromatic heterocycles. The standard InChI is InChI=1S/C19H23ClFN3O4/c1-2-23-9-14-15(10-23)16(14)24-4-3-19(27,17(24)25)28-18(26)22-8-11-5-12(20)7-13(21)6-11/h5-7,14-16,27H,2-4,8-10H2,1H3,(H,22,26)/t14-,15+,16+,19?. The molecule has 2 amide bonds. The maximum absolute atomic E-state index is 13.3. The van der Waals surface area contributed by atoms with E-state index in [1.165, 1.54) is 12.1 Å². The van der Waals surface area contributed by atoms with Crippen LogP contribution in [-0.2, 0) is 16.1 Å². The number of aliphatic hydroxyl groups is 1. The summed E-state index contributed by atoms with van der Waals surface area (Å²) < 4.78 is 18.4. The molecule has 28 heavy (non-hydrogen) atoms. The molecule has 152 valence electrons. The number of nitrogens with zero attached hydrogens (tertiary/aromatic N) is 2. The molecule has 2 N–H and O–H groups in total. The van der Waals surface area contributed by atoms with Crippen molar-refractivity contribution in [2.45, 2.75) is 31.7 Å². The first kappa shape index (κ1) is 19.4. The third kappa shape index (κ3) is 3.56. The first-order chi connectivity index (χ1) is 13.3. The Labute approximate surface area is 167 Å². The van der Waals surface area contributed by atoms with Gasteiger partial charge in [0.15, 0.2) is 0 Å². The average molecular weight is 412 g/mol. The Hall–Kier alpha value is -1.90. The predicted molar refractivity (Wildman–Crippen MR) is 98.9 cm³/mol. The molecule has 2 saturated heterocycles. The molecular formula is C19H23ClFN3O4. The monoisotopic (exact) mass is 411 g/mol. The van der Waals surface area contributed by atoms with Crippen molar-refractivity contribution < 1.29 is 23.8 Å². The number of amides is 2. The normalized spacial score (nSPS) is 31.8. The van der Waals surface area contributed by atoms with Crippen molar-refractivity contribution in [3.63, 3.8) is 0 Å². The number of benzene rings is 1. The number of rotatable bonds is 5. The van der Waals surface area contributed by atoms with E-state index in [4.69, 9.17) is 16.3 Å². The number of carbonyl (C=O) groups is 2. The van der Waals surface area contributed by atoms with Gasteiger partial charge in [0.2, 0.25) is 0 Å². The number of alkyl carbamates (subject to hydrolysis) is 1. The van der Waals surface area contributed by atoms with Gasteiger partial charge in [0, 0.05) is 43.7 Å². The second-order valence-electron chi connectivity index (χ2n) is 7.72. The Morgan fingerprint density at radius 2 is 2.11 bits per heavy atom. The lowest BCUT2D eigenvalue weighted by Crippen LogP contribution is -2.47. The minimum absolute atomic E-state index is 0.0378. The lowest BCUT2D eigenvalue weighted by atomic mass is 10.2. The van der Waals surface area contributed by atoms with Crippen molar-refractivity contribution in [2.75, 3.05) is 26.2 Å². The van der Waals surface area contributed by atoms with Crippen LogP contribution in [0.4, 0.5) is 9.18 Å². The molecule has 2 aliphatic heterocycles. The number of likely N-dealkylation sites (tertiary alicyclic amines) is 2. The van der Waals surface area contributed by atoms with E-state index >= 15 is 0 Å². The Morgan fingerprint density at radius 1 is 1.39 bits per heavy atom. The Bertz CT molecular complexity index is 777. The topological polar surface area (TPSA) is 82.1 Å². The van der Waals surface area contributed by atoms with Crippen LogP contribution >= 0.6 is 11.6 Å². The largest absolute Gasteiger partial charge is 0.410 e. The van der Waals surface area contributed by atoms with Crippen molar-refractivity contribution in [1.29, 1.82) is 0 Å². The summed E-state index contributed by atoms with van der Waals surface area (Å²) in [6.07, 6.45) is -0.899. The number of hydrogen-bond acceptors (Lipinski definition) is 5. The van der Waals surface area contributed by atoms with Crippen molar-refractivity contribution in [3.05, 3.63) is 34.6 Å². The number of hydrogen-bond donors (Lipinski definition) is 2. The lowest BCUT2D eigenvalue weighted by molar-refractivity contribution is -0.182. The molecule has 3 fully saturated rings. The Balaban J connectivity index is 1.31. The highest BCUT2D eigenvalue weighted by atomic mass is 35.5. The van der Waals surface area contributed by atoms with Crippen molar-refractivity contribution in [3.8, 4) is 0 Å². The average Bonchev–Trinajstić information content (AvgIpc) is 2.97. The van der Waals surface area contributed by atoms with Crippen LogP contribution in [0.3, 0.4) is 0 Å². The minimum atomic E-state index is -2.15. The van der Waals surface area contributed by atoms with Gasteiger partial charge >= 0.3 is 6.09 Å². The summed E-state index contributed by atoms with van der Waals surface area (Å²) in [7, 11) is 0. The smallest absolute Gasteiger partial charge is 0.407 e. The summed E-state index contributed by atoms with van der Waals surface area (Å²) in [5, 5.41) is 13.2. The molecule has 4 rings (SSSR count). The van der Waals surface area contributed by atoms with Crippen LogP contribution in [-0.4, -0.2) is 64.9 Å².